The average Bonchev–Trinajstić information content (AvgIpc) is 3.85. The molecule has 2 aliphatic heterocycles. The Hall–Kier alpha value is -4.13. The highest BCUT2D eigenvalue weighted by Gasteiger charge is 2.18. The molecule has 6 aromatic carbocycles. The number of halogens is 7. The minimum absolute atomic E-state index is 0.194. The van der Waals surface area contributed by atoms with Gasteiger partial charge in [-0.2, -0.15) is 0 Å². The number of fused-ring (bicyclic) bond motifs is 2. The molecule has 0 bridgehead atoms. The zero-order valence-corrected chi connectivity index (χ0v) is 35.8. The summed E-state index contributed by atoms with van der Waals surface area (Å²) in [6.45, 7) is 0.519. The maximum atomic E-state index is 12.3. The van der Waals surface area contributed by atoms with Gasteiger partial charge in [-0.25, -0.2) is 0 Å². The van der Waals surface area contributed by atoms with Crippen molar-refractivity contribution in [2.75, 3.05) is 30.0 Å². The van der Waals surface area contributed by atoms with Crippen LogP contribution in [0.25, 0.3) is 22.3 Å². The fourth-order valence-corrected chi connectivity index (χ4v) is 6.90. The molecular weight excluding hydrogens is 954 g/mol. The van der Waals surface area contributed by atoms with Crippen molar-refractivity contribution in [2.24, 2.45) is 0 Å². The first kappa shape index (κ1) is 43.0. The van der Waals surface area contributed by atoms with Crippen LogP contribution in [0.1, 0.15) is 20.7 Å². The Kier molecular flexibility index (Phi) is 16.0. The van der Waals surface area contributed by atoms with Crippen molar-refractivity contribution in [1.29, 1.82) is 0 Å². The second-order valence-electron chi connectivity index (χ2n) is 11.4. The molecule has 2 heterocycles. The fraction of sp³-hybridized carbons (Fsp3) is 0.0732. The number of ether oxygens (including phenoxy) is 4. The SMILES string of the molecule is ClCCl.Nc1ccc(-c2cc3c(cc2Br)OCO3)cc1.O=C(Cl)c1ccccc1Cl.O=C(Nc1ccc(-c2cc3c(cc2Br)OCO3)cc1)c1ccccc1Cl. The van der Waals surface area contributed by atoms with Crippen LogP contribution >= 0.6 is 89.9 Å². The molecule has 6 aromatic rings. The van der Waals surface area contributed by atoms with E-state index in [2.05, 4.69) is 37.2 Å². The van der Waals surface area contributed by atoms with Gasteiger partial charge in [0.2, 0.25) is 13.6 Å². The van der Waals surface area contributed by atoms with Gasteiger partial charge in [0.05, 0.1) is 26.5 Å². The number of nitrogens with one attached hydrogen (secondary N) is 1. The van der Waals surface area contributed by atoms with Crippen LogP contribution in [0.15, 0.2) is 130 Å². The third-order valence-corrected chi connectivity index (χ3v) is 9.98. The molecule has 15 heteroatoms. The van der Waals surface area contributed by atoms with Gasteiger partial charge in [-0.3, -0.25) is 9.59 Å². The number of anilines is 2. The summed E-state index contributed by atoms with van der Waals surface area (Å²) in [5.74, 6) is 2.76. The lowest BCUT2D eigenvalue weighted by Gasteiger charge is -2.09. The van der Waals surface area contributed by atoms with E-state index in [1.807, 2.05) is 72.8 Å². The number of alkyl halides is 2. The first-order valence-electron chi connectivity index (χ1n) is 16.3. The monoisotopic (exact) mass is 978 g/mol. The molecule has 0 radical (unpaired) electrons. The molecule has 0 spiro atoms. The highest BCUT2D eigenvalue weighted by atomic mass is 79.9. The van der Waals surface area contributed by atoms with Gasteiger partial charge in [0.25, 0.3) is 11.1 Å². The minimum atomic E-state index is -0.523. The van der Waals surface area contributed by atoms with Gasteiger partial charge >= 0.3 is 0 Å². The molecule has 0 aromatic heterocycles. The van der Waals surface area contributed by atoms with E-state index in [1.54, 1.807) is 48.5 Å². The van der Waals surface area contributed by atoms with Crippen LogP contribution in [0.5, 0.6) is 23.0 Å². The van der Waals surface area contributed by atoms with E-state index in [9.17, 15) is 9.59 Å². The predicted octanol–water partition coefficient (Wildman–Crippen LogP) is 13.3. The Labute approximate surface area is 364 Å². The Bertz CT molecular complexity index is 2320. The van der Waals surface area contributed by atoms with E-state index < -0.39 is 5.24 Å². The molecule has 0 unspecified atom stereocenters. The Morgan fingerprint density at radius 1 is 0.607 bits per heavy atom. The van der Waals surface area contributed by atoms with Gasteiger partial charge < -0.3 is 30.0 Å². The smallest absolute Gasteiger partial charge is 0.257 e. The molecule has 3 N–H and O–H groups in total. The second-order valence-corrected chi connectivity index (χ2v) is 15.0. The molecule has 2 aliphatic rings. The van der Waals surface area contributed by atoms with E-state index >= 15 is 0 Å². The van der Waals surface area contributed by atoms with Gasteiger partial charge in [0.1, 0.15) is 0 Å². The summed E-state index contributed by atoms with van der Waals surface area (Å²) in [6, 6.07) is 36.6. The fourth-order valence-electron chi connectivity index (χ4n) is 5.14. The van der Waals surface area contributed by atoms with E-state index in [4.69, 9.17) is 82.7 Å². The molecular formula is C41H29Br2Cl5N2O6. The van der Waals surface area contributed by atoms with Gasteiger partial charge in [-0.1, -0.05) is 104 Å². The minimum Gasteiger partial charge on any atom is -0.454 e. The highest BCUT2D eigenvalue weighted by Crippen LogP contribution is 2.42. The van der Waals surface area contributed by atoms with Crippen molar-refractivity contribution in [3.05, 3.63) is 151 Å². The van der Waals surface area contributed by atoms with Crippen LogP contribution in [0, 0.1) is 0 Å². The molecule has 0 aliphatic carbocycles. The first-order valence-corrected chi connectivity index (χ1v) is 20.0. The van der Waals surface area contributed by atoms with Crippen LogP contribution in [0.4, 0.5) is 11.4 Å². The Morgan fingerprint density at radius 2 is 1.00 bits per heavy atom. The van der Waals surface area contributed by atoms with E-state index in [0.29, 0.717) is 26.9 Å². The van der Waals surface area contributed by atoms with E-state index in [0.717, 1.165) is 59.9 Å². The largest absolute Gasteiger partial charge is 0.454 e. The van der Waals surface area contributed by atoms with Gasteiger partial charge in [-0.15, -0.1) is 23.2 Å². The molecule has 0 fully saturated rings. The van der Waals surface area contributed by atoms with E-state index in [1.165, 1.54) is 0 Å². The number of rotatable bonds is 5. The lowest BCUT2D eigenvalue weighted by molar-refractivity contribution is 0.102. The average molecular weight is 983 g/mol. The highest BCUT2D eigenvalue weighted by molar-refractivity contribution is 9.11. The summed E-state index contributed by atoms with van der Waals surface area (Å²) in [5, 5.41) is 3.34. The Morgan fingerprint density at radius 3 is 1.41 bits per heavy atom. The molecule has 0 saturated heterocycles. The van der Waals surface area contributed by atoms with Crippen LogP contribution < -0.4 is 30.0 Å². The number of amides is 1. The van der Waals surface area contributed by atoms with Crippen molar-refractivity contribution in [3.8, 4) is 45.3 Å². The van der Waals surface area contributed by atoms with Crippen molar-refractivity contribution in [1.82, 2.24) is 0 Å². The molecule has 0 atom stereocenters. The molecule has 0 saturated carbocycles. The lowest BCUT2D eigenvalue weighted by atomic mass is 10.0. The summed E-state index contributed by atoms with van der Waals surface area (Å²) < 4.78 is 23.4. The summed E-state index contributed by atoms with van der Waals surface area (Å²) in [7, 11) is 0. The van der Waals surface area contributed by atoms with Crippen molar-refractivity contribution >= 4 is 112 Å². The first-order chi connectivity index (χ1) is 27.0. The maximum absolute atomic E-state index is 12.3. The quantitative estimate of drug-likeness (QED) is 0.101. The number of benzene rings is 6. The predicted molar refractivity (Wildman–Crippen MR) is 233 cm³/mol. The normalized spacial score (nSPS) is 11.5. The van der Waals surface area contributed by atoms with Crippen molar-refractivity contribution in [3.63, 3.8) is 0 Å². The van der Waals surface area contributed by atoms with Crippen molar-refractivity contribution in [2.45, 2.75) is 0 Å². The molecule has 288 valence electrons. The number of nitrogen functional groups attached to an aromatic ring is 1. The number of carbonyl (C=O) groups is 2. The molecule has 8 nitrogen and oxygen atoms in total. The molecule has 8 rings (SSSR count). The number of hydrogen-bond acceptors (Lipinski definition) is 7. The lowest BCUT2D eigenvalue weighted by Crippen LogP contribution is -2.12. The standard InChI is InChI=1S/C20H13BrClNO3.C13H10BrNO2.C7H4Cl2O.CH2Cl2/c21-16-10-19-18(25-11-26-19)9-15(16)12-5-7-13(8-6-12)23-20(24)14-3-1-2-4-17(14)22;14-11-6-13-12(16-7-17-13)5-10(11)8-1-3-9(15)4-2-8;8-6-4-2-1-3-5(6)7(9)10;2-1-3/h1-10H,11H2,(H,23,24);1-6H,7,15H2;1-4H;1H2. The van der Waals surface area contributed by atoms with Gasteiger partial charge in [-0.05, 0) is 107 Å². The zero-order chi connectivity index (χ0) is 40.2. The molecule has 56 heavy (non-hydrogen) atoms. The zero-order valence-electron chi connectivity index (χ0n) is 28.8. The second kappa shape index (κ2) is 20.9. The number of nitrogens with two attached hydrogens (primary N) is 1. The summed E-state index contributed by atoms with van der Waals surface area (Å²) in [4.78, 5) is 22.9. The molecule has 1 amide bonds. The number of carbonyl (C=O) groups excluding carboxylic acids is 2. The van der Waals surface area contributed by atoms with Crippen LogP contribution in [0.2, 0.25) is 10.0 Å². The topological polar surface area (TPSA) is 109 Å². The summed E-state index contributed by atoms with van der Waals surface area (Å²) in [6.07, 6.45) is 0. The van der Waals surface area contributed by atoms with Crippen LogP contribution in [-0.4, -0.2) is 30.1 Å². The summed E-state index contributed by atoms with van der Waals surface area (Å²) >= 11 is 33.5. The number of hydrogen-bond donors (Lipinski definition) is 2. The Balaban J connectivity index is 0.000000171. The van der Waals surface area contributed by atoms with Crippen LogP contribution in [-0.2, 0) is 0 Å². The van der Waals surface area contributed by atoms with Crippen molar-refractivity contribution < 1.29 is 28.5 Å². The van der Waals surface area contributed by atoms with Gasteiger partial charge in [0, 0.05) is 20.3 Å². The maximum Gasteiger partial charge on any atom is 0.257 e. The summed E-state index contributed by atoms with van der Waals surface area (Å²) in [5.41, 5.74) is 12.0. The van der Waals surface area contributed by atoms with Crippen LogP contribution in [0.3, 0.4) is 0 Å². The van der Waals surface area contributed by atoms with E-state index in [-0.39, 0.29) is 24.8 Å². The third-order valence-electron chi connectivity index (χ3n) is 7.80. The van der Waals surface area contributed by atoms with Gasteiger partial charge in [0.15, 0.2) is 23.0 Å². The third kappa shape index (κ3) is 11.5.